The lowest BCUT2D eigenvalue weighted by atomic mass is 10.0. The van der Waals surface area contributed by atoms with Crippen molar-refractivity contribution < 1.29 is 29.3 Å². The maximum Gasteiger partial charge on any atom is 0.339 e. The van der Waals surface area contributed by atoms with Crippen LogP contribution < -0.4 is 0 Å². The average molecular weight is 280 g/mol. The molecule has 0 unspecified atom stereocenters. The fourth-order valence-electron chi connectivity index (χ4n) is 1.50. The van der Waals surface area contributed by atoms with Gasteiger partial charge in [0.25, 0.3) is 0 Å². The van der Waals surface area contributed by atoms with Gasteiger partial charge < -0.3 is 14.9 Å². The molecule has 0 saturated heterocycles. The third kappa shape index (κ3) is 4.08. The number of ether oxygens (including phenoxy) is 1. The van der Waals surface area contributed by atoms with Gasteiger partial charge in [0, 0.05) is 0 Å². The third-order valence-corrected chi connectivity index (χ3v) is 2.65. The second-order valence-corrected chi connectivity index (χ2v) is 4.69. The summed E-state index contributed by atoms with van der Waals surface area (Å²) < 4.78 is 4.98. The number of carboxylic acid groups (broad SMARTS) is 2. The van der Waals surface area contributed by atoms with Crippen molar-refractivity contribution in [1.29, 1.82) is 0 Å². The van der Waals surface area contributed by atoms with Crippen LogP contribution in [0.2, 0.25) is 0 Å². The van der Waals surface area contributed by atoms with Gasteiger partial charge in [0.1, 0.15) is 0 Å². The van der Waals surface area contributed by atoms with Gasteiger partial charge in [-0.05, 0) is 30.5 Å². The van der Waals surface area contributed by atoms with Gasteiger partial charge in [0.2, 0.25) is 0 Å². The van der Waals surface area contributed by atoms with E-state index < -0.39 is 17.9 Å². The highest BCUT2D eigenvalue weighted by Crippen LogP contribution is 2.14. The fraction of sp³-hybridized carbons (Fsp3) is 0.357. The van der Waals surface area contributed by atoms with Crippen molar-refractivity contribution in [3.63, 3.8) is 0 Å². The van der Waals surface area contributed by atoms with Gasteiger partial charge >= 0.3 is 17.9 Å². The highest BCUT2D eigenvalue weighted by Gasteiger charge is 2.20. The number of carbonyl (C=O) groups excluding carboxylic acids is 1. The molecular formula is C14H16O6. The lowest BCUT2D eigenvalue weighted by Crippen LogP contribution is -2.14. The summed E-state index contributed by atoms with van der Waals surface area (Å²) in [6.45, 7) is 4.13. The Morgan fingerprint density at radius 2 is 1.75 bits per heavy atom. The zero-order chi connectivity index (χ0) is 15.3. The summed E-state index contributed by atoms with van der Waals surface area (Å²) in [5, 5.41) is 17.8. The van der Waals surface area contributed by atoms with Gasteiger partial charge in [0.15, 0.2) is 0 Å². The number of benzene rings is 1. The second-order valence-electron chi connectivity index (χ2n) is 4.69. The summed E-state index contributed by atoms with van der Waals surface area (Å²) in [4.78, 5) is 33.7. The molecule has 0 heterocycles. The lowest BCUT2D eigenvalue weighted by molar-refractivity contribution is 0.0477. The Bertz CT molecular complexity index is 532. The number of carbonyl (C=O) groups is 3. The summed E-state index contributed by atoms with van der Waals surface area (Å²) in [6.07, 6.45) is 0.668. The number of rotatable bonds is 6. The Morgan fingerprint density at radius 1 is 1.10 bits per heavy atom. The molecule has 0 bridgehead atoms. The topological polar surface area (TPSA) is 101 Å². The quantitative estimate of drug-likeness (QED) is 0.775. The van der Waals surface area contributed by atoms with E-state index in [1.165, 1.54) is 6.07 Å². The highest BCUT2D eigenvalue weighted by molar-refractivity contribution is 6.04. The van der Waals surface area contributed by atoms with Gasteiger partial charge in [-0.3, -0.25) is 0 Å². The molecular weight excluding hydrogens is 264 g/mol. The lowest BCUT2D eigenvalue weighted by Gasteiger charge is -2.09. The molecule has 0 radical (unpaired) electrons. The first-order chi connectivity index (χ1) is 9.32. The van der Waals surface area contributed by atoms with Crippen LogP contribution in [0, 0.1) is 5.92 Å². The average Bonchev–Trinajstić information content (AvgIpc) is 2.37. The van der Waals surface area contributed by atoms with E-state index in [0.717, 1.165) is 12.1 Å². The Kier molecular flexibility index (Phi) is 5.25. The predicted octanol–water partition coefficient (Wildman–Crippen LogP) is 2.29. The molecule has 20 heavy (non-hydrogen) atoms. The molecule has 1 aromatic rings. The number of carboxylic acids is 2. The standard InChI is InChI=1S/C14H16O6/c1-8(2)5-6-20-14(19)10-4-3-9(12(15)16)7-11(10)13(17)18/h3-4,7-8H,5-6H2,1-2H3,(H,15,16)(H,17,18). The minimum Gasteiger partial charge on any atom is -0.478 e. The molecule has 2 N–H and O–H groups in total. The van der Waals surface area contributed by atoms with E-state index in [1.807, 2.05) is 13.8 Å². The smallest absolute Gasteiger partial charge is 0.339 e. The Labute approximate surface area is 116 Å². The van der Waals surface area contributed by atoms with E-state index in [2.05, 4.69) is 0 Å². The van der Waals surface area contributed by atoms with Crippen molar-refractivity contribution in [2.75, 3.05) is 6.61 Å². The predicted molar refractivity (Wildman–Crippen MR) is 70.1 cm³/mol. The van der Waals surface area contributed by atoms with E-state index >= 15 is 0 Å². The summed E-state index contributed by atoms with van der Waals surface area (Å²) in [6, 6.07) is 3.28. The Hall–Kier alpha value is -2.37. The van der Waals surface area contributed by atoms with E-state index in [-0.39, 0.29) is 23.3 Å². The van der Waals surface area contributed by atoms with Gasteiger partial charge in [-0.25, -0.2) is 14.4 Å². The van der Waals surface area contributed by atoms with Crippen LogP contribution >= 0.6 is 0 Å². The molecule has 0 spiro atoms. The molecule has 0 fully saturated rings. The van der Waals surface area contributed by atoms with E-state index in [4.69, 9.17) is 14.9 Å². The van der Waals surface area contributed by atoms with Crippen molar-refractivity contribution >= 4 is 17.9 Å². The summed E-state index contributed by atoms with van der Waals surface area (Å²) in [5.41, 5.74) is -0.716. The molecule has 0 aliphatic heterocycles. The maximum absolute atomic E-state index is 11.8. The van der Waals surface area contributed by atoms with Crippen LogP contribution in [0.3, 0.4) is 0 Å². The zero-order valence-electron chi connectivity index (χ0n) is 11.3. The molecule has 6 heteroatoms. The van der Waals surface area contributed by atoms with E-state index in [0.29, 0.717) is 12.3 Å². The van der Waals surface area contributed by atoms with Crippen molar-refractivity contribution in [3.05, 3.63) is 34.9 Å². The van der Waals surface area contributed by atoms with Crippen LogP contribution in [-0.2, 0) is 4.74 Å². The molecule has 6 nitrogen and oxygen atoms in total. The van der Waals surface area contributed by atoms with Crippen LogP contribution in [0.25, 0.3) is 0 Å². The van der Waals surface area contributed by atoms with Crippen molar-refractivity contribution in [2.45, 2.75) is 20.3 Å². The fourth-order valence-corrected chi connectivity index (χ4v) is 1.50. The second kappa shape index (κ2) is 6.70. The van der Waals surface area contributed by atoms with Gasteiger partial charge in [-0.2, -0.15) is 0 Å². The SMILES string of the molecule is CC(C)CCOC(=O)c1ccc(C(=O)O)cc1C(=O)O. The molecule has 0 aliphatic rings. The molecule has 1 rings (SSSR count). The molecule has 0 aromatic heterocycles. The minimum atomic E-state index is -1.37. The summed E-state index contributed by atoms with van der Waals surface area (Å²) in [5.74, 6) is -3.03. The van der Waals surface area contributed by atoms with Crippen LogP contribution in [-0.4, -0.2) is 34.7 Å². The van der Waals surface area contributed by atoms with Gasteiger partial charge in [-0.1, -0.05) is 13.8 Å². The zero-order valence-corrected chi connectivity index (χ0v) is 11.3. The van der Waals surface area contributed by atoms with E-state index in [1.54, 1.807) is 0 Å². The molecule has 0 amide bonds. The van der Waals surface area contributed by atoms with Crippen LogP contribution in [0.15, 0.2) is 18.2 Å². The largest absolute Gasteiger partial charge is 0.478 e. The molecule has 0 aliphatic carbocycles. The normalized spacial score (nSPS) is 10.3. The summed E-state index contributed by atoms with van der Waals surface area (Å²) in [7, 11) is 0. The number of aromatic carboxylic acids is 2. The van der Waals surface area contributed by atoms with Crippen LogP contribution in [0.1, 0.15) is 51.3 Å². The minimum absolute atomic E-state index is 0.147. The first kappa shape index (κ1) is 15.7. The van der Waals surface area contributed by atoms with Crippen molar-refractivity contribution in [3.8, 4) is 0 Å². The Balaban J connectivity index is 2.96. The van der Waals surface area contributed by atoms with Crippen molar-refractivity contribution in [1.82, 2.24) is 0 Å². The van der Waals surface area contributed by atoms with Crippen LogP contribution in [0.4, 0.5) is 0 Å². The first-order valence-electron chi connectivity index (χ1n) is 6.10. The molecule has 0 atom stereocenters. The van der Waals surface area contributed by atoms with Gasteiger partial charge in [-0.15, -0.1) is 0 Å². The van der Waals surface area contributed by atoms with Crippen molar-refractivity contribution in [2.24, 2.45) is 5.92 Å². The maximum atomic E-state index is 11.8. The first-order valence-corrected chi connectivity index (χ1v) is 6.10. The monoisotopic (exact) mass is 280 g/mol. The number of hydrogen-bond donors (Lipinski definition) is 2. The molecule has 0 saturated carbocycles. The van der Waals surface area contributed by atoms with Gasteiger partial charge in [0.05, 0.1) is 23.3 Å². The molecule has 1 aromatic carbocycles. The number of esters is 1. The Morgan fingerprint density at radius 3 is 2.25 bits per heavy atom. The summed E-state index contributed by atoms with van der Waals surface area (Å²) >= 11 is 0. The van der Waals surface area contributed by atoms with E-state index in [9.17, 15) is 14.4 Å². The third-order valence-electron chi connectivity index (χ3n) is 2.65. The number of hydrogen-bond acceptors (Lipinski definition) is 4. The van der Waals surface area contributed by atoms with Crippen LogP contribution in [0.5, 0.6) is 0 Å². The molecule has 108 valence electrons. The highest BCUT2D eigenvalue weighted by atomic mass is 16.5.